The zero-order valence-corrected chi connectivity index (χ0v) is 10.9. The minimum Gasteiger partial charge on any atom is 0 e. The summed E-state index contributed by atoms with van der Waals surface area (Å²) >= 11 is 0. The number of hydrogen-bond acceptors (Lipinski definition) is 1. The quantitative estimate of drug-likeness (QED) is 0.440. The van der Waals surface area contributed by atoms with Crippen LogP contribution in [0.25, 0.3) is 0 Å². The first-order valence-corrected chi connectivity index (χ1v) is 6.70. The van der Waals surface area contributed by atoms with Gasteiger partial charge in [0.2, 0.25) is 0 Å². The first kappa shape index (κ1) is 29.3. The van der Waals surface area contributed by atoms with Crippen LogP contribution in [0.2, 0.25) is 19.6 Å². The van der Waals surface area contributed by atoms with Crippen LogP contribution in [-0.2, 0) is 35.2 Å². The maximum Gasteiger partial charge on any atom is 0 e. The van der Waals surface area contributed by atoms with Crippen molar-refractivity contribution in [2.75, 3.05) is 0 Å². The Kier molecular flexibility index (Phi) is 57.0. The van der Waals surface area contributed by atoms with E-state index in [1.807, 2.05) is 0 Å². The summed E-state index contributed by atoms with van der Waals surface area (Å²) in [5.41, 5.74) is 0. The van der Waals surface area contributed by atoms with E-state index in [0.717, 1.165) is 0 Å². The maximum absolute atomic E-state index is 7.50. The van der Waals surface area contributed by atoms with Crippen molar-refractivity contribution < 1.29 is 35.2 Å². The zero-order chi connectivity index (χ0) is 12.6. The normalized spacial score (nSPS) is 6.47. The second-order valence-electron chi connectivity index (χ2n) is 2.60. The van der Waals surface area contributed by atoms with Gasteiger partial charge in [-0.3, -0.25) is 0 Å². The molecule has 0 aliphatic heterocycles. The van der Waals surface area contributed by atoms with Gasteiger partial charge in [-0.1, -0.05) is 6.08 Å². The number of rotatable bonds is 3. The van der Waals surface area contributed by atoms with Crippen molar-refractivity contribution in [1.29, 1.82) is 0 Å². The fourth-order valence-corrected chi connectivity index (χ4v) is 0.757. The third kappa shape index (κ3) is 85.8. The van der Waals surface area contributed by atoms with Gasteiger partial charge in [-0.25, -0.2) is 0 Å². The average molecular weight is 272 g/mol. The Labute approximate surface area is 103 Å². The molecule has 15 heavy (non-hydrogen) atoms. The van der Waals surface area contributed by atoms with Crippen molar-refractivity contribution in [1.82, 2.24) is 0 Å². The molecule has 0 aliphatic rings. The first-order chi connectivity index (χ1) is 6.56. The molecule has 0 unspecified atom stereocenters. The van der Waals surface area contributed by atoms with Crippen molar-refractivity contribution in [2.45, 2.75) is 19.6 Å². The predicted octanol–water partition coefficient (Wildman–Crippen LogP) is 2.07. The molecule has 0 heterocycles. The second-order valence-corrected chi connectivity index (χ2v) is 7.06. The van der Waals surface area contributed by atoms with E-state index in [9.17, 15) is 0 Å². The molecule has 0 aromatic carbocycles. The molecule has 0 aliphatic carbocycles. The Morgan fingerprint density at radius 3 is 1.33 bits per heavy atom. The van der Waals surface area contributed by atoms with Gasteiger partial charge in [-0.15, -0.1) is 6.58 Å². The molecule has 0 N–H and O–H groups in total. The van der Waals surface area contributed by atoms with Crippen LogP contribution in [0.1, 0.15) is 0 Å². The van der Waals surface area contributed by atoms with Crippen LogP contribution in [0, 0.1) is 26.6 Å². The molecule has 6 heteroatoms. The van der Waals surface area contributed by atoms with Crippen LogP contribution in [0.3, 0.4) is 0 Å². The molecular formula is C9H13CoO4Si. The Morgan fingerprint density at radius 2 is 1.27 bits per heavy atom. The van der Waals surface area contributed by atoms with Crippen LogP contribution in [0.5, 0.6) is 0 Å². The van der Waals surface area contributed by atoms with Crippen molar-refractivity contribution in [3.05, 3.63) is 39.2 Å². The molecule has 0 aromatic rings. The van der Waals surface area contributed by atoms with Crippen LogP contribution in [-0.4, -0.2) is 8.32 Å². The third-order valence-electron chi connectivity index (χ3n) is 0.518. The molecule has 0 saturated heterocycles. The summed E-state index contributed by atoms with van der Waals surface area (Å²) in [5, 5.41) is 0. The van der Waals surface area contributed by atoms with Gasteiger partial charge in [0.25, 0.3) is 0 Å². The summed E-state index contributed by atoms with van der Waals surface area (Å²) < 4.78 is 27.8. The van der Waals surface area contributed by atoms with Crippen molar-refractivity contribution >= 4 is 8.32 Å². The van der Waals surface area contributed by atoms with E-state index in [0.29, 0.717) is 0 Å². The maximum atomic E-state index is 7.50. The van der Waals surface area contributed by atoms with Crippen LogP contribution in [0.15, 0.2) is 12.7 Å². The topological polar surface area (TPSA) is 68.9 Å². The molecule has 0 saturated carbocycles. The Balaban J connectivity index is -0.0000000410. The fourth-order valence-electron chi connectivity index (χ4n) is 0.252. The van der Waals surface area contributed by atoms with Crippen LogP contribution < -0.4 is 0 Å². The molecule has 4 nitrogen and oxygen atoms in total. The molecular weight excluding hydrogens is 259 g/mol. The molecule has 0 bridgehead atoms. The van der Waals surface area contributed by atoms with Gasteiger partial charge in [0.1, 0.15) is 0 Å². The van der Waals surface area contributed by atoms with Gasteiger partial charge in [0, 0.05) is 16.8 Å². The van der Waals surface area contributed by atoms with Gasteiger partial charge in [-0.2, -0.15) is 0 Å². The monoisotopic (exact) mass is 272 g/mol. The summed E-state index contributed by atoms with van der Waals surface area (Å²) in [7, 11) is -1.30. The first-order valence-electron chi connectivity index (χ1n) is 3.29. The van der Waals surface area contributed by atoms with Crippen molar-refractivity contribution in [3.63, 3.8) is 0 Å². The van der Waals surface area contributed by atoms with E-state index in [-0.39, 0.29) is 16.8 Å². The SMILES string of the molecule is C=C[CH]O[Si](C)(C)C.[C-]#[O+].[C-]#[O+].[C-]#[O+].[Co]. The molecule has 0 amide bonds. The average Bonchev–Trinajstić information content (AvgIpc) is 2.23. The Morgan fingerprint density at radius 1 is 1.00 bits per heavy atom. The second kappa shape index (κ2) is 29.2. The Bertz CT molecular complexity index is 155. The van der Waals surface area contributed by atoms with Crippen LogP contribution >= 0.6 is 0 Å². The largest absolute Gasteiger partial charge is 0 e. The van der Waals surface area contributed by atoms with E-state index < -0.39 is 8.32 Å². The molecule has 0 atom stereocenters. The molecule has 0 rings (SSSR count). The molecule has 0 spiro atoms. The van der Waals surface area contributed by atoms with Gasteiger partial charge in [0.15, 0.2) is 8.32 Å². The fraction of sp³-hybridized carbons (Fsp3) is 0.333. The standard InChI is InChI=1S/C6H13OSi.3CO.Co/c1-5-6-7-8(2,3)4;3*1-2;/h5-6H,1H2,2-4H3;;;;. The van der Waals surface area contributed by atoms with Gasteiger partial charge in [0.05, 0.1) is 6.61 Å². The summed E-state index contributed by atoms with van der Waals surface area (Å²) in [6, 6.07) is 0. The molecule has 2 radical (unpaired) electrons. The van der Waals surface area contributed by atoms with E-state index in [4.69, 9.17) is 18.4 Å². The smallest absolute Gasteiger partial charge is 0 e. The molecule has 0 aromatic heterocycles. The van der Waals surface area contributed by atoms with E-state index in [2.05, 4.69) is 46.2 Å². The van der Waals surface area contributed by atoms with Gasteiger partial charge < -0.3 is 4.43 Å². The third-order valence-corrected chi connectivity index (χ3v) is 1.36. The van der Waals surface area contributed by atoms with E-state index >= 15 is 0 Å². The molecule has 0 fully saturated rings. The van der Waals surface area contributed by atoms with E-state index in [1.54, 1.807) is 12.7 Å². The zero-order valence-electron chi connectivity index (χ0n) is 8.83. The summed E-state index contributed by atoms with van der Waals surface area (Å²) in [4.78, 5) is 0. The minimum absolute atomic E-state index is 0. The predicted molar refractivity (Wildman–Crippen MR) is 50.7 cm³/mol. The summed E-state index contributed by atoms with van der Waals surface area (Å²) in [6.07, 6.45) is 1.66. The van der Waals surface area contributed by atoms with Crippen molar-refractivity contribution in [3.8, 4) is 0 Å². The van der Waals surface area contributed by atoms with Gasteiger partial charge in [-0.05, 0) is 19.6 Å². The van der Waals surface area contributed by atoms with Crippen molar-refractivity contribution in [2.24, 2.45) is 0 Å². The number of hydrogen-bond donors (Lipinski definition) is 0. The van der Waals surface area contributed by atoms with Gasteiger partial charge >= 0.3 is 33.9 Å². The van der Waals surface area contributed by atoms with E-state index in [1.165, 1.54) is 0 Å². The molecule has 86 valence electrons. The summed E-state index contributed by atoms with van der Waals surface area (Å²) in [5.74, 6) is 0. The van der Waals surface area contributed by atoms with Crippen LogP contribution in [0.4, 0.5) is 0 Å². The summed E-state index contributed by atoms with van der Waals surface area (Å²) in [6.45, 7) is 25.1. The minimum atomic E-state index is -1.30. The Hall–Kier alpha value is -0.357.